The molecule has 38 heavy (non-hydrogen) atoms. The van der Waals surface area contributed by atoms with Crippen molar-refractivity contribution >= 4 is 23.0 Å². The molecule has 8 nitrogen and oxygen atoms in total. The predicted octanol–water partition coefficient (Wildman–Crippen LogP) is 5.34. The Morgan fingerprint density at radius 3 is 2.13 bits per heavy atom. The van der Waals surface area contributed by atoms with E-state index >= 15 is 0 Å². The van der Waals surface area contributed by atoms with Gasteiger partial charge in [0.05, 0.1) is 11.3 Å². The van der Waals surface area contributed by atoms with Crippen molar-refractivity contribution < 1.29 is 9.59 Å². The van der Waals surface area contributed by atoms with Crippen LogP contribution in [0.4, 0.5) is 5.69 Å². The molecule has 3 aromatic heterocycles. The number of nitrogens with zero attached hydrogens (tertiary/aromatic N) is 5. The number of pyridine rings is 1. The number of carbonyl (C=O) groups is 2. The first-order valence-electron chi connectivity index (χ1n) is 11.9. The van der Waals surface area contributed by atoms with E-state index in [1.807, 2.05) is 42.5 Å². The number of hydrogen-bond donors (Lipinski definition) is 1. The van der Waals surface area contributed by atoms with E-state index in [1.54, 1.807) is 77.6 Å². The van der Waals surface area contributed by atoms with Crippen LogP contribution in [0, 0.1) is 0 Å². The standard InChI is InChI=1S/C30H20N6O2/c37-28(21-6-2-1-3-7-21)24-8-4-5-9-25(24)30(38)32-23-12-10-20(11-13-23)26-14-15-27-33-34-29(36(27)35-26)22-16-18-31-19-17-22/h1-19H,(H,32,38). The molecule has 0 radical (unpaired) electrons. The van der Waals surface area contributed by atoms with Gasteiger partial charge < -0.3 is 5.32 Å². The van der Waals surface area contributed by atoms with Gasteiger partial charge in [-0.3, -0.25) is 14.6 Å². The number of nitrogens with one attached hydrogen (secondary N) is 1. The molecule has 0 spiro atoms. The highest BCUT2D eigenvalue weighted by Gasteiger charge is 2.18. The highest BCUT2D eigenvalue weighted by molar-refractivity contribution is 6.17. The molecule has 0 saturated heterocycles. The summed E-state index contributed by atoms with van der Waals surface area (Å²) in [5, 5.41) is 16.1. The normalized spacial score (nSPS) is 10.8. The van der Waals surface area contributed by atoms with Crippen molar-refractivity contribution in [1.29, 1.82) is 0 Å². The molecule has 0 aliphatic heterocycles. The van der Waals surface area contributed by atoms with Gasteiger partial charge in [0.1, 0.15) is 0 Å². The fraction of sp³-hybridized carbons (Fsp3) is 0. The topological polar surface area (TPSA) is 102 Å². The van der Waals surface area contributed by atoms with Crippen molar-refractivity contribution in [2.24, 2.45) is 0 Å². The SMILES string of the molecule is O=C(Nc1ccc(-c2ccc3nnc(-c4ccncc4)n3n2)cc1)c1ccccc1C(=O)c1ccccc1. The lowest BCUT2D eigenvalue weighted by atomic mass is 9.98. The Balaban J connectivity index is 1.24. The van der Waals surface area contributed by atoms with Gasteiger partial charge in [-0.2, -0.15) is 9.61 Å². The average Bonchev–Trinajstić information content (AvgIpc) is 3.41. The molecule has 0 bridgehead atoms. The van der Waals surface area contributed by atoms with Crippen LogP contribution in [-0.4, -0.2) is 36.5 Å². The minimum Gasteiger partial charge on any atom is -0.322 e. The van der Waals surface area contributed by atoms with Crippen LogP contribution in [0.25, 0.3) is 28.3 Å². The van der Waals surface area contributed by atoms with E-state index in [0.29, 0.717) is 33.8 Å². The maximum Gasteiger partial charge on any atom is 0.256 e. The zero-order valence-electron chi connectivity index (χ0n) is 20.0. The number of rotatable bonds is 6. The van der Waals surface area contributed by atoms with E-state index in [9.17, 15) is 9.59 Å². The van der Waals surface area contributed by atoms with E-state index in [0.717, 1.165) is 16.8 Å². The molecule has 1 amide bonds. The Labute approximate surface area is 217 Å². The van der Waals surface area contributed by atoms with Crippen molar-refractivity contribution in [3.63, 3.8) is 0 Å². The lowest BCUT2D eigenvalue weighted by Crippen LogP contribution is -2.16. The van der Waals surface area contributed by atoms with E-state index < -0.39 is 0 Å². The zero-order valence-corrected chi connectivity index (χ0v) is 20.0. The molecular formula is C30H20N6O2. The summed E-state index contributed by atoms with van der Waals surface area (Å²) in [5.74, 6) is 0.0637. The molecule has 0 saturated carbocycles. The van der Waals surface area contributed by atoms with Gasteiger partial charge in [0.25, 0.3) is 5.91 Å². The number of carbonyl (C=O) groups excluding carboxylic acids is 2. The fourth-order valence-electron chi connectivity index (χ4n) is 4.17. The molecule has 0 aliphatic rings. The second kappa shape index (κ2) is 9.87. The smallest absolute Gasteiger partial charge is 0.256 e. The number of fused-ring (bicyclic) bond motifs is 1. The monoisotopic (exact) mass is 496 g/mol. The lowest BCUT2D eigenvalue weighted by molar-refractivity contribution is 0.0996. The van der Waals surface area contributed by atoms with Gasteiger partial charge in [0.2, 0.25) is 0 Å². The van der Waals surface area contributed by atoms with Crippen LogP contribution in [0.15, 0.2) is 116 Å². The minimum atomic E-state index is -0.358. The Morgan fingerprint density at radius 2 is 1.37 bits per heavy atom. The Kier molecular flexibility index (Phi) is 5.95. The number of hydrogen-bond acceptors (Lipinski definition) is 6. The van der Waals surface area contributed by atoms with Crippen LogP contribution < -0.4 is 5.32 Å². The molecule has 6 aromatic rings. The van der Waals surface area contributed by atoms with Crippen molar-refractivity contribution in [1.82, 2.24) is 24.8 Å². The first-order valence-corrected chi connectivity index (χ1v) is 11.9. The Hall–Kier alpha value is -5.50. The molecule has 0 unspecified atom stereocenters. The van der Waals surface area contributed by atoms with Crippen LogP contribution in [0.3, 0.4) is 0 Å². The summed E-state index contributed by atoms with van der Waals surface area (Å²) in [6.07, 6.45) is 3.40. The molecular weight excluding hydrogens is 476 g/mol. The first kappa shape index (κ1) is 22.9. The molecule has 0 fully saturated rings. The fourth-order valence-corrected chi connectivity index (χ4v) is 4.17. The average molecular weight is 497 g/mol. The maximum atomic E-state index is 13.1. The molecule has 182 valence electrons. The summed E-state index contributed by atoms with van der Waals surface area (Å²) >= 11 is 0. The van der Waals surface area contributed by atoms with Gasteiger partial charge in [0, 0.05) is 40.3 Å². The minimum absolute atomic E-state index is 0.201. The van der Waals surface area contributed by atoms with Crippen LogP contribution in [-0.2, 0) is 0 Å². The second-order valence-corrected chi connectivity index (χ2v) is 8.52. The molecule has 0 aliphatic carbocycles. The molecule has 1 N–H and O–H groups in total. The van der Waals surface area contributed by atoms with Crippen LogP contribution in [0.5, 0.6) is 0 Å². The second-order valence-electron chi connectivity index (χ2n) is 8.52. The quantitative estimate of drug-likeness (QED) is 0.313. The summed E-state index contributed by atoms with van der Waals surface area (Å²) in [4.78, 5) is 30.2. The summed E-state index contributed by atoms with van der Waals surface area (Å²) < 4.78 is 1.70. The number of anilines is 1. The van der Waals surface area contributed by atoms with Crippen molar-refractivity contribution in [2.45, 2.75) is 0 Å². The first-order chi connectivity index (χ1) is 18.7. The van der Waals surface area contributed by atoms with Crippen LogP contribution >= 0.6 is 0 Å². The molecule has 6 rings (SSSR count). The molecule has 3 aromatic carbocycles. The van der Waals surface area contributed by atoms with Crippen molar-refractivity contribution in [3.05, 3.63) is 132 Å². The van der Waals surface area contributed by atoms with Crippen molar-refractivity contribution in [3.8, 4) is 22.6 Å². The van der Waals surface area contributed by atoms with Crippen LogP contribution in [0.1, 0.15) is 26.3 Å². The predicted molar refractivity (Wildman–Crippen MR) is 144 cm³/mol. The molecule has 8 heteroatoms. The van der Waals surface area contributed by atoms with Gasteiger partial charge in [-0.15, -0.1) is 10.2 Å². The van der Waals surface area contributed by atoms with Gasteiger partial charge in [-0.25, -0.2) is 0 Å². The highest BCUT2D eigenvalue weighted by Crippen LogP contribution is 2.23. The van der Waals surface area contributed by atoms with Crippen LogP contribution in [0.2, 0.25) is 0 Å². The zero-order chi connectivity index (χ0) is 25.9. The van der Waals surface area contributed by atoms with Gasteiger partial charge in [-0.05, 0) is 42.5 Å². The largest absolute Gasteiger partial charge is 0.322 e. The third-order valence-electron chi connectivity index (χ3n) is 6.09. The molecule has 0 atom stereocenters. The number of ketones is 1. The Bertz CT molecular complexity index is 1760. The third kappa shape index (κ3) is 4.42. The van der Waals surface area contributed by atoms with E-state index in [2.05, 4.69) is 20.5 Å². The molecule has 3 heterocycles. The number of benzene rings is 3. The van der Waals surface area contributed by atoms with E-state index in [1.165, 1.54) is 0 Å². The summed E-state index contributed by atoms with van der Waals surface area (Å²) in [5.41, 5.74) is 4.88. The van der Waals surface area contributed by atoms with Crippen molar-refractivity contribution in [2.75, 3.05) is 5.32 Å². The number of amides is 1. The van der Waals surface area contributed by atoms with Gasteiger partial charge >= 0.3 is 0 Å². The van der Waals surface area contributed by atoms with Gasteiger partial charge in [0.15, 0.2) is 17.3 Å². The summed E-state index contributed by atoms with van der Waals surface area (Å²) in [6, 6.07) is 30.5. The van der Waals surface area contributed by atoms with E-state index in [4.69, 9.17) is 5.10 Å². The Morgan fingerprint density at radius 1 is 0.658 bits per heavy atom. The van der Waals surface area contributed by atoms with Gasteiger partial charge in [-0.1, -0.05) is 60.7 Å². The number of aromatic nitrogens is 5. The third-order valence-corrected chi connectivity index (χ3v) is 6.09. The lowest BCUT2D eigenvalue weighted by Gasteiger charge is -2.10. The maximum absolute atomic E-state index is 13.1. The summed E-state index contributed by atoms with van der Waals surface area (Å²) in [6.45, 7) is 0. The summed E-state index contributed by atoms with van der Waals surface area (Å²) in [7, 11) is 0. The highest BCUT2D eigenvalue weighted by atomic mass is 16.2. The van der Waals surface area contributed by atoms with E-state index in [-0.39, 0.29) is 11.7 Å².